The first-order chi connectivity index (χ1) is 22.4. The van der Waals surface area contributed by atoms with Gasteiger partial charge in [-0.1, -0.05) is 91.5 Å². The fourth-order valence-corrected chi connectivity index (χ4v) is 6.55. The first kappa shape index (κ1) is 32.6. The molecule has 0 aliphatic heterocycles. The highest BCUT2D eigenvalue weighted by atomic mass is 32.2. The van der Waals surface area contributed by atoms with Crippen molar-refractivity contribution in [2.45, 2.75) is 22.2 Å². The average molecular weight is 670 g/mol. The smallest absolute Gasteiger partial charge is 0.272 e. The molecule has 5 aromatic rings. The number of amides is 3. The van der Waals surface area contributed by atoms with E-state index < -0.39 is 22.9 Å². The van der Waals surface area contributed by atoms with Crippen LogP contribution in [-0.2, 0) is 9.59 Å². The van der Waals surface area contributed by atoms with Crippen LogP contribution in [0.1, 0.15) is 33.7 Å². The Hall–Kier alpha value is -4.78. The van der Waals surface area contributed by atoms with E-state index in [1.54, 1.807) is 54.6 Å². The number of nitrogens with one attached hydrogen (secondary N) is 3. The maximum absolute atomic E-state index is 14.5. The average Bonchev–Trinajstić information content (AvgIpc) is 3.51. The number of hydrogen-bond acceptors (Lipinski definition) is 8. The molecule has 0 aliphatic rings. The molecule has 1 atom stereocenters. The van der Waals surface area contributed by atoms with Crippen LogP contribution < -0.4 is 16.0 Å². The fraction of sp³-hybridized carbons (Fsp3) is 0.0882. The lowest BCUT2D eigenvalue weighted by Crippen LogP contribution is -2.30. The van der Waals surface area contributed by atoms with Crippen molar-refractivity contribution in [1.29, 1.82) is 0 Å². The van der Waals surface area contributed by atoms with E-state index in [-0.39, 0.29) is 17.2 Å². The second-order valence-electron chi connectivity index (χ2n) is 9.59. The minimum absolute atomic E-state index is 0.137. The standard InChI is InChI=1S/C34H28FN5O3S3/c1-2-44-34-39-33(46-40-34)38-32(43)29(22-12-5-3-6-13-22)45-26-18-11-17-25(21-26)36-31(42)28(20-24-16-9-10-19-27(24)35)37-30(41)23-14-7-4-8-15-23/h3-21,29H,2H2,1H3,(H,36,42)(H,37,41)(H,38,39,40,43)/b28-20-. The fourth-order valence-electron chi connectivity index (χ4n) is 4.19. The highest BCUT2D eigenvalue weighted by molar-refractivity contribution is 8.00. The quantitative estimate of drug-likeness (QED) is 0.0923. The molecule has 0 saturated carbocycles. The maximum Gasteiger partial charge on any atom is 0.272 e. The number of thioether (sulfide) groups is 2. The van der Waals surface area contributed by atoms with E-state index in [1.807, 2.05) is 43.3 Å². The predicted octanol–water partition coefficient (Wildman–Crippen LogP) is 7.67. The van der Waals surface area contributed by atoms with E-state index in [9.17, 15) is 18.8 Å². The van der Waals surface area contributed by atoms with Crippen LogP contribution in [0.25, 0.3) is 6.08 Å². The van der Waals surface area contributed by atoms with Crippen LogP contribution in [0.4, 0.5) is 15.2 Å². The molecule has 12 heteroatoms. The number of carbonyl (C=O) groups excluding carboxylic acids is 3. The van der Waals surface area contributed by atoms with Crippen LogP contribution in [0.2, 0.25) is 0 Å². The molecule has 1 unspecified atom stereocenters. The molecule has 8 nitrogen and oxygen atoms in total. The van der Waals surface area contributed by atoms with Crippen molar-refractivity contribution in [3.8, 4) is 0 Å². The van der Waals surface area contributed by atoms with E-state index in [0.717, 1.165) is 22.8 Å². The van der Waals surface area contributed by atoms with Crippen molar-refractivity contribution >= 4 is 69.7 Å². The number of benzene rings is 4. The molecule has 0 radical (unpaired) electrons. The minimum atomic E-state index is -0.649. The Balaban J connectivity index is 1.36. The zero-order valence-corrected chi connectivity index (χ0v) is 26.9. The number of rotatable bonds is 12. The van der Waals surface area contributed by atoms with Crippen molar-refractivity contribution in [1.82, 2.24) is 14.7 Å². The van der Waals surface area contributed by atoms with Crippen molar-refractivity contribution in [3.63, 3.8) is 0 Å². The summed E-state index contributed by atoms with van der Waals surface area (Å²) in [6, 6.07) is 30.7. The Labute approximate surface area is 278 Å². The van der Waals surface area contributed by atoms with Gasteiger partial charge in [0.25, 0.3) is 11.8 Å². The summed E-state index contributed by atoms with van der Waals surface area (Å²) in [6.07, 6.45) is 1.29. The summed E-state index contributed by atoms with van der Waals surface area (Å²) < 4.78 is 18.8. The predicted molar refractivity (Wildman–Crippen MR) is 183 cm³/mol. The van der Waals surface area contributed by atoms with Gasteiger partial charge in [0.05, 0.1) is 0 Å². The maximum atomic E-state index is 14.5. The molecule has 232 valence electrons. The molecule has 3 amide bonds. The third-order valence-corrected chi connectivity index (χ3v) is 9.05. The molecular weight excluding hydrogens is 642 g/mol. The second kappa shape index (κ2) is 16.0. The third-order valence-electron chi connectivity index (χ3n) is 6.33. The largest absolute Gasteiger partial charge is 0.321 e. The Morgan fingerprint density at radius 3 is 2.35 bits per heavy atom. The van der Waals surface area contributed by atoms with Gasteiger partial charge < -0.3 is 10.6 Å². The topological polar surface area (TPSA) is 113 Å². The van der Waals surface area contributed by atoms with Crippen molar-refractivity contribution in [2.24, 2.45) is 0 Å². The number of aromatic nitrogens is 2. The van der Waals surface area contributed by atoms with E-state index in [1.165, 1.54) is 47.8 Å². The van der Waals surface area contributed by atoms with Crippen LogP contribution in [0.3, 0.4) is 0 Å². The highest BCUT2D eigenvalue weighted by Gasteiger charge is 2.24. The van der Waals surface area contributed by atoms with Gasteiger partial charge in [0.15, 0.2) is 0 Å². The van der Waals surface area contributed by atoms with Gasteiger partial charge in [0.2, 0.25) is 16.2 Å². The summed E-state index contributed by atoms with van der Waals surface area (Å²) in [7, 11) is 0. The van der Waals surface area contributed by atoms with Gasteiger partial charge >= 0.3 is 0 Å². The lowest BCUT2D eigenvalue weighted by Gasteiger charge is -2.17. The first-order valence-corrected chi connectivity index (χ1v) is 16.8. The van der Waals surface area contributed by atoms with Gasteiger partial charge in [-0.05, 0) is 53.8 Å². The molecule has 46 heavy (non-hydrogen) atoms. The van der Waals surface area contributed by atoms with Gasteiger partial charge in [-0.25, -0.2) is 4.39 Å². The first-order valence-electron chi connectivity index (χ1n) is 14.1. The Morgan fingerprint density at radius 2 is 1.61 bits per heavy atom. The Morgan fingerprint density at radius 1 is 0.891 bits per heavy atom. The van der Waals surface area contributed by atoms with Gasteiger partial charge in [0.1, 0.15) is 16.8 Å². The second-order valence-corrected chi connectivity index (χ2v) is 12.8. The highest BCUT2D eigenvalue weighted by Crippen LogP contribution is 2.37. The third kappa shape index (κ3) is 8.90. The molecule has 1 aromatic heterocycles. The summed E-state index contributed by atoms with van der Waals surface area (Å²) in [6.45, 7) is 2.00. The normalized spacial score (nSPS) is 11.8. The molecule has 0 spiro atoms. The van der Waals surface area contributed by atoms with Crippen LogP contribution in [0, 0.1) is 5.82 Å². The van der Waals surface area contributed by atoms with Crippen LogP contribution in [-0.4, -0.2) is 32.8 Å². The number of carbonyl (C=O) groups is 3. The van der Waals surface area contributed by atoms with Gasteiger partial charge in [-0.3, -0.25) is 19.7 Å². The summed E-state index contributed by atoms with van der Waals surface area (Å²) in [5, 5.41) is 8.68. The minimum Gasteiger partial charge on any atom is -0.321 e. The molecule has 4 aromatic carbocycles. The molecule has 1 heterocycles. The van der Waals surface area contributed by atoms with Gasteiger partial charge in [-0.15, -0.1) is 11.8 Å². The van der Waals surface area contributed by atoms with Crippen molar-refractivity contribution < 1.29 is 18.8 Å². The number of halogens is 1. The number of hydrogen-bond donors (Lipinski definition) is 3. The molecule has 0 bridgehead atoms. The lowest BCUT2D eigenvalue weighted by atomic mass is 10.1. The summed E-state index contributed by atoms with van der Waals surface area (Å²) in [4.78, 5) is 45.1. The van der Waals surface area contributed by atoms with E-state index >= 15 is 0 Å². The monoisotopic (exact) mass is 669 g/mol. The molecule has 5 rings (SSSR count). The molecular formula is C34H28FN5O3S3. The van der Waals surface area contributed by atoms with Crippen LogP contribution >= 0.6 is 35.1 Å². The van der Waals surface area contributed by atoms with Crippen LogP contribution in [0.5, 0.6) is 0 Å². The number of anilines is 2. The summed E-state index contributed by atoms with van der Waals surface area (Å²) >= 11 is 3.92. The summed E-state index contributed by atoms with van der Waals surface area (Å²) in [5.74, 6) is -1.16. The zero-order chi connectivity index (χ0) is 32.3. The lowest BCUT2D eigenvalue weighted by molar-refractivity contribution is -0.116. The molecule has 0 aliphatic carbocycles. The van der Waals surface area contributed by atoms with Crippen molar-refractivity contribution in [2.75, 3.05) is 16.4 Å². The molecule has 0 saturated heterocycles. The molecule has 0 fully saturated rings. The Kier molecular flexibility index (Phi) is 11.3. The van der Waals surface area contributed by atoms with E-state index in [0.29, 0.717) is 26.4 Å². The Bertz CT molecular complexity index is 1850. The van der Waals surface area contributed by atoms with E-state index in [4.69, 9.17) is 0 Å². The molecule has 3 N–H and O–H groups in total. The van der Waals surface area contributed by atoms with E-state index in [2.05, 4.69) is 25.3 Å². The number of nitrogens with zero attached hydrogens (tertiary/aromatic N) is 2. The SMILES string of the molecule is CCSc1nsc(NC(=O)C(Sc2cccc(NC(=O)/C(=C/c3ccccc3F)NC(=O)c3ccccc3)c2)c2ccccc2)n1. The summed E-state index contributed by atoms with van der Waals surface area (Å²) in [5.41, 5.74) is 1.54. The zero-order valence-electron chi connectivity index (χ0n) is 24.5. The van der Waals surface area contributed by atoms with Gasteiger partial charge in [-0.2, -0.15) is 9.36 Å². The van der Waals surface area contributed by atoms with Gasteiger partial charge in [0, 0.05) is 33.2 Å². The van der Waals surface area contributed by atoms with Crippen molar-refractivity contribution in [3.05, 3.63) is 137 Å². The van der Waals surface area contributed by atoms with Crippen LogP contribution in [0.15, 0.2) is 125 Å².